The summed E-state index contributed by atoms with van der Waals surface area (Å²) in [5, 5.41) is 0. The van der Waals surface area contributed by atoms with Crippen LogP contribution in [0.1, 0.15) is 133 Å². The Morgan fingerprint density at radius 3 is 2.36 bits per heavy atom. The zero-order chi connectivity index (χ0) is 19.7. The van der Waals surface area contributed by atoms with Crippen LogP contribution in [0, 0.1) is 5.92 Å². The molecule has 3 rings (SSSR count). The van der Waals surface area contributed by atoms with Crippen LogP contribution in [0.2, 0.25) is 0 Å². The first-order valence-electron chi connectivity index (χ1n) is 12.9. The van der Waals surface area contributed by atoms with Crippen LogP contribution in [-0.2, 0) is 18.3 Å². The molecule has 0 spiro atoms. The molecule has 0 radical (unpaired) electrons. The molecule has 2 aliphatic carbocycles. The summed E-state index contributed by atoms with van der Waals surface area (Å²) in [5.74, 6) is 0.952. The summed E-state index contributed by atoms with van der Waals surface area (Å²) in [6.45, 7) is 4.66. The molecular formula is C28H46. The summed E-state index contributed by atoms with van der Waals surface area (Å²) >= 11 is 0. The number of benzene rings is 1. The molecule has 158 valence electrons. The van der Waals surface area contributed by atoms with Gasteiger partial charge >= 0.3 is 0 Å². The predicted octanol–water partition coefficient (Wildman–Crippen LogP) is 8.93. The molecule has 0 aromatic heterocycles. The van der Waals surface area contributed by atoms with Crippen LogP contribution in [0.4, 0.5) is 0 Å². The molecule has 0 aliphatic heterocycles. The molecule has 2 aliphatic rings. The van der Waals surface area contributed by atoms with Gasteiger partial charge in [0, 0.05) is 0 Å². The van der Waals surface area contributed by atoms with Gasteiger partial charge in [-0.05, 0) is 66.5 Å². The Bertz CT molecular complexity index is 563. The standard InChI is InChI=1S/C28H46/c1-3-5-7-8-9-11-14-24-15-16-26-23-27(18-17-25(26)22-24)28(19-6-4-2)20-12-10-13-21-28/h17-18,23-24H,3-16,19-22H2,1-2H3. The molecular weight excluding hydrogens is 336 g/mol. The number of hydrogen-bond acceptors (Lipinski definition) is 0. The fourth-order valence-electron chi connectivity index (χ4n) is 6.05. The van der Waals surface area contributed by atoms with E-state index < -0.39 is 0 Å². The molecule has 0 heteroatoms. The van der Waals surface area contributed by atoms with Crippen molar-refractivity contribution in [2.45, 2.75) is 135 Å². The van der Waals surface area contributed by atoms with Gasteiger partial charge in [0.25, 0.3) is 0 Å². The van der Waals surface area contributed by atoms with Crippen molar-refractivity contribution >= 4 is 0 Å². The van der Waals surface area contributed by atoms with Crippen molar-refractivity contribution < 1.29 is 0 Å². The van der Waals surface area contributed by atoms with Gasteiger partial charge in [-0.2, -0.15) is 0 Å². The SMILES string of the molecule is CCCCCCCCC1CCc2cc(C3(CCCC)CCCCC3)ccc2C1. The van der Waals surface area contributed by atoms with Gasteiger partial charge in [0.05, 0.1) is 0 Å². The van der Waals surface area contributed by atoms with Crippen molar-refractivity contribution in [2.75, 3.05) is 0 Å². The predicted molar refractivity (Wildman–Crippen MR) is 124 cm³/mol. The van der Waals surface area contributed by atoms with Crippen molar-refractivity contribution in [3.63, 3.8) is 0 Å². The van der Waals surface area contributed by atoms with E-state index in [2.05, 4.69) is 32.0 Å². The smallest absolute Gasteiger partial charge is 0.00469 e. The maximum Gasteiger partial charge on any atom is -0.00469 e. The summed E-state index contributed by atoms with van der Waals surface area (Å²) in [7, 11) is 0. The van der Waals surface area contributed by atoms with Gasteiger partial charge in [-0.1, -0.05) is 109 Å². The zero-order valence-corrected chi connectivity index (χ0v) is 19.0. The number of fused-ring (bicyclic) bond motifs is 1. The second-order valence-electron chi connectivity index (χ2n) is 10.1. The van der Waals surface area contributed by atoms with E-state index in [0.29, 0.717) is 5.41 Å². The van der Waals surface area contributed by atoms with Gasteiger partial charge in [0.2, 0.25) is 0 Å². The third-order valence-corrected chi connectivity index (χ3v) is 7.93. The third kappa shape index (κ3) is 5.87. The summed E-state index contributed by atoms with van der Waals surface area (Å²) in [4.78, 5) is 0. The van der Waals surface area contributed by atoms with Crippen LogP contribution in [0.3, 0.4) is 0 Å². The van der Waals surface area contributed by atoms with Crippen molar-refractivity contribution in [1.29, 1.82) is 0 Å². The first-order chi connectivity index (χ1) is 13.8. The highest BCUT2D eigenvalue weighted by Crippen LogP contribution is 2.44. The van der Waals surface area contributed by atoms with Crippen molar-refractivity contribution in [3.05, 3.63) is 34.9 Å². The lowest BCUT2D eigenvalue weighted by atomic mass is 9.66. The lowest BCUT2D eigenvalue weighted by Gasteiger charge is -2.39. The average Bonchev–Trinajstić information content (AvgIpc) is 2.75. The van der Waals surface area contributed by atoms with E-state index in [4.69, 9.17) is 0 Å². The molecule has 1 aromatic rings. The Kier molecular flexibility index (Phi) is 8.94. The van der Waals surface area contributed by atoms with Crippen molar-refractivity contribution in [3.8, 4) is 0 Å². The van der Waals surface area contributed by atoms with Gasteiger partial charge in [0.15, 0.2) is 0 Å². The first-order valence-corrected chi connectivity index (χ1v) is 12.9. The van der Waals surface area contributed by atoms with Gasteiger partial charge in [0.1, 0.15) is 0 Å². The van der Waals surface area contributed by atoms with Gasteiger partial charge < -0.3 is 0 Å². The first kappa shape index (κ1) is 21.9. The van der Waals surface area contributed by atoms with E-state index in [9.17, 15) is 0 Å². The lowest BCUT2D eigenvalue weighted by Crippen LogP contribution is -2.29. The van der Waals surface area contributed by atoms with Crippen LogP contribution in [0.25, 0.3) is 0 Å². The van der Waals surface area contributed by atoms with Crippen LogP contribution in [-0.4, -0.2) is 0 Å². The topological polar surface area (TPSA) is 0 Å². The maximum atomic E-state index is 2.66. The van der Waals surface area contributed by atoms with E-state index >= 15 is 0 Å². The minimum absolute atomic E-state index is 0.513. The highest BCUT2D eigenvalue weighted by molar-refractivity contribution is 5.38. The van der Waals surface area contributed by atoms with E-state index in [1.165, 1.54) is 116 Å². The minimum Gasteiger partial charge on any atom is -0.0654 e. The molecule has 1 aromatic carbocycles. The number of rotatable bonds is 11. The van der Waals surface area contributed by atoms with Gasteiger partial charge in [-0.3, -0.25) is 0 Å². The highest BCUT2D eigenvalue weighted by Gasteiger charge is 2.34. The molecule has 0 N–H and O–H groups in total. The number of hydrogen-bond donors (Lipinski definition) is 0. The third-order valence-electron chi connectivity index (χ3n) is 7.93. The second kappa shape index (κ2) is 11.4. The summed E-state index contributed by atoms with van der Waals surface area (Å²) < 4.78 is 0. The number of aryl methyl sites for hydroxylation is 1. The quantitative estimate of drug-likeness (QED) is 0.335. The monoisotopic (exact) mass is 382 g/mol. The fraction of sp³-hybridized carbons (Fsp3) is 0.786. The second-order valence-corrected chi connectivity index (χ2v) is 10.1. The molecule has 0 heterocycles. The average molecular weight is 383 g/mol. The minimum atomic E-state index is 0.513. The summed E-state index contributed by atoms with van der Waals surface area (Å²) in [6.07, 6.45) is 25.6. The van der Waals surface area contributed by atoms with Gasteiger partial charge in [-0.15, -0.1) is 0 Å². The Morgan fingerprint density at radius 1 is 0.821 bits per heavy atom. The lowest BCUT2D eigenvalue weighted by molar-refractivity contribution is 0.267. The normalized spacial score (nSPS) is 21.4. The Labute approximate surface area is 175 Å². The number of unbranched alkanes of at least 4 members (excludes halogenated alkanes) is 6. The Morgan fingerprint density at radius 2 is 1.57 bits per heavy atom. The van der Waals surface area contributed by atoms with Crippen LogP contribution < -0.4 is 0 Å². The van der Waals surface area contributed by atoms with Crippen molar-refractivity contribution in [1.82, 2.24) is 0 Å². The van der Waals surface area contributed by atoms with E-state index in [-0.39, 0.29) is 0 Å². The van der Waals surface area contributed by atoms with E-state index in [1.54, 1.807) is 16.7 Å². The molecule has 0 amide bonds. The summed E-state index contributed by atoms with van der Waals surface area (Å²) in [5.41, 5.74) is 5.61. The maximum absolute atomic E-state index is 2.66. The molecule has 0 saturated heterocycles. The molecule has 1 saturated carbocycles. The van der Waals surface area contributed by atoms with Crippen LogP contribution in [0.15, 0.2) is 18.2 Å². The molecule has 0 nitrogen and oxygen atoms in total. The van der Waals surface area contributed by atoms with E-state index in [1.807, 2.05) is 0 Å². The molecule has 0 bridgehead atoms. The molecule has 1 unspecified atom stereocenters. The molecule has 1 fully saturated rings. The summed E-state index contributed by atoms with van der Waals surface area (Å²) in [6, 6.07) is 7.75. The van der Waals surface area contributed by atoms with Crippen LogP contribution >= 0.6 is 0 Å². The fourth-order valence-corrected chi connectivity index (χ4v) is 6.05. The van der Waals surface area contributed by atoms with Crippen LogP contribution in [0.5, 0.6) is 0 Å². The van der Waals surface area contributed by atoms with Crippen molar-refractivity contribution in [2.24, 2.45) is 5.92 Å². The zero-order valence-electron chi connectivity index (χ0n) is 19.0. The molecule has 1 atom stereocenters. The largest absolute Gasteiger partial charge is 0.0654 e. The van der Waals surface area contributed by atoms with E-state index in [0.717, 1.165) is 5.92 Å². The highest BCUT2D eigenvalue weighted by atomic mass is 14.4. The molecule has 28 heavy (non-hydrogen) atoms. The Hall–Kier alpha value is -0.780. The Balaban J connectivity index is 1.57. The van der Waals surface area contributed by atoms with Gasteiger partial charge in [-0.25, -0.2) is 0 Å².